The van der Waals surface area contributed by atoms with Crippen LogP contribution in [0, 0.1) is 13.8 Å². The molecule has 2 rings (SSSR count). The fourth-order valence-electron chi connectivity index (χ4n) is 1.46. The second-order valence-corrected chi connectivity index (χ2v) is 3.90. The summed E-state index contributed by atoms with van der Waals surface area (Å²) in [7, 11) is 0. The third-order valence-electron chi connectivity index (χ3n) is 2.47. The predicted octanol–water partition coefficient (Wildman–Crippen LogP) is 2.18. The zero-order valence-electron chi connectivity index (χ0n) is 9.38. The number of aliphatic hydroxyl groups is 1. The highest BCUT2D eigenvalue weighted by molar-refractivity contribution is 5.27. The molecule has 2 aromatic rings. The molecule has 1 heterocycles. The standard InChI is InChI=1S/C13H14N2O/c1-9-3-5-11(6-4-9)13(16)12-8-14-10(2)7-15-12/h3-8,13,16H,1-2H3. The van der Waals surface area contributed by atoms with Crippen molar-refractivity contribution >= 4 is 0 Å². The van der Waals surface area contributed by atoms with Crippen LogP contribution in [0.5, 0.6) is 0 Å². The van der Waals surface area contributed by atoms with E-state index in [4.69, 9.17) is 0 Å². The molecule has 0 amide bonds. The molecule has 0 fully saturated rings. The molecule has 1 atom stereocenters. The Kier molecular flexibility index (Phi) is 2.97. The Balaban J connectivity index is 2.28. The molecule has 0 aliphatic carbocycles. The first-order chi connectivity index (χ1) is 7.66. The Morgan fingerprint density at radius 1 is 1.00 bits per heavy atom. The lowest BCUT2D eigenvalue weighted by Gasteiger charge is -2.10. The van der Waals surface area contributed by atoms with Crippen LogP contribution in [0.1, 0.15) is 28.6 Å². The summed E-state index contributed by atoms with van der Waals surface area (Å²) in [5.41, 5.74) is 3.43. The van der Waals surface area contributed by atoms with Crippen molar-refractivity contribution in [2.24, 2.45) is 0 Å². The lowest BCUT2D eigenvalue weighted by Crippen LogP contribution is -2.03. The quantitative estimate of drug-likeness (QED) is 0.833. The highest BCUT2D eigenvalue weighted by Gasteiger charge is 2.11. The first-order valence-corrected chi connectivity index (χ1v) is 5.20. The van der Waals surface area contributed by atoms with E-state index in [1.807, 2.05) is 38.1 Å². The molecule has 0 radical (unpaired) electrons. The molecule has 82 valence electrons. The van der Waals surface area contributed by atoms with Crippen LogP contribution in [0.15, 0.2) is 36.7 Å². The normalized spacial score (nSPS) is 12.4. The van der Waals surface area contributed by atoms with Crippen molar-refractivity contribution in [3.8, 4) is 0 Å². The summed E-state index contributed by atoms with van der Waals surface area (Å²) in [5.74, 6) is 0. The second kappa shape index (κ2) is 4.41. The van der Waals surface area contributed by atoms with Crippen molar-refractivity contribution in [2.75, 3.05) is 0 Å². The highest BCUT2D eigenvalue weighted by Crippen LogP contribution is 2.19. The average Bonchev–Trinajstić information content (AvgIpc) is 2.30. The summed E-state index contributed by atoms with van der Waals surface area (Å²) >= 11 is 0. The summed E-state index contributed by atoms with van der Waals surface area (Å²) in [6, 6.07) is 7.75. The first-order valence-electron chi connectivity index (χ1n) is 5.20. The molecule has 0 aliphatic rings. The highest BCUT2D eigenvalue weighted by atomic mass is 16.3. The molecule has 3 heteroatoms. The van der Waals surface area contributed by atoms with Crippen LogP contribution >= 0.6 is 0 Å². The van der Waals surface area contributed by atoms with Crippen LogP contribution in [0.25, 0.3) is 0 Å². The Bertz CT molecular complexity index is 417. The van der Waals surface area contributed by atoms with Crippen LogP contribution in [0.4, 0.5) is 0 Å². The van der Waals surface area contributed by atoms with Gasteiger partial charge < -0.3 is 5.11 Å². The lowest BCUT2D eigenvalue weighted by atomic mass is 10.1. The number of benzene rings is 1. The minimum atomic E-state index is -0.700. The van der Waals surface area contributed by atoms with Crippen molar-refractivity contribution in [2.45, 2.75) is 20.0 Å². The fourth-order valence-corrected chi connectivity index (χ4v) is 1.46. The SMILES string of the molecule is Cc1ccc(C(O)c2cnc(C)cn2)cc1. The number of aliphatic hydroxyl groups excluding tert-OH is 1. The van der Waals surface area contributed by atoms with Gasteiger partial charge in [0.2, 0.25) is 0 Å². The molecule has 0 saturated heterocycles. The van der Waals surface area contributed by atoms with E-state index >= 15 is 0 Å². The minimum Gasteiger partial charge on any atom is -0.382 e. The smallest absolute Gasteiger partial charge is 0.123 e. The van der Waals surface area contributed by atoms with E-state index in [1.165, 1.54) is 5.56 Å². The number of aromatic nitrogens is 2. The first kappa shape index (κ1) is 10.8. The molecule has 1 aromatic heterocycles. The van der Waals surface area contributed by atoms with E-state index in [2.05, 4.69) is 9.97 Å². The van der Waals surface area contributed by atoms with Gasteiger partial charge in [-0.3, -0.25) is 9.97 Å². The van der Waals surface area contributed by atoms with Gasteiger partial charge in [0.15, 0.2) is 0 Å². The third-order valence-corrected chi connectivity index (χ3v) is 2.47. The molecular formula is C13H14N2O. The van der Waals surface area contributed by atoms with Crippen molar-refractivity contribution < 1.29 is 5.11 Å². The maximum atomic E-state index is 10.1. The van der Waals surface area contributed by atoms with E-state index in [0.29, 0.717) is 5.69 Å². The summed E-state index contributed by atoms with van der Waals surface area (Å²) < 4.78 is 0. The minimum absolute atomic E-state index is 0.578. The third kappa shape index (κ3) is 2.25. The molecule has 0 aliphatic heterocycles. The molecule has 1 aromatic carbocycles. The average molecular weight is 214 g/mol. The Labute approximate surface area is 94.8 Å². The summed E-state index contributed by atoms with van der Waals surface area (Å²) in [6.07, 6.45) is 2.57. The molecule has 16 heavy (non-hydrogen) atoms. The summed E-state index contributed by atoms with van der Waals surface area (Å²) in [6.45, 7) is 3.89. The summed E-state index contributed by atoms with van der Waals surface area (Å²) in [5, 5.41) is 10.1. The molecule has 1 unspecified atom stereocenters. The van der Waals surface area contributed by atoms with Crippen LogP contribution in [-0.4, -0.2) is 15.1 Å². The van der Waals surface area contributed by atoms with Gasteiger partial charge in [-0.15, -0.1) is 0 Å². The van der Waals surface area contributed by atoms with Gasteiger partial charge in [-0.25, -0.2) is 0 Å². The molecule has 0 saturated carbocycles. The molecule has 1 N–H and O–H groups in total. The molecule has 3 nitrogen and oxygen atoms in total. The fraction of sp³-hybridized carbons (Fsp3) is 0.231. The van der Waals surface area contributed by atoms with E-state index in [-0.39, 0.29) is 0 Å². The molecule has 0 spiro atoms. The Morgan fingerprint density at radius 3 is 2.25 bits per heavy atom. The summed E-state index contributed by atoms with van der Waals surface area (Å²) in [4.78, 5) is 8.29. The number of hydrogen-bond donors (Lipinski definition) is 1. The van der Waals surface area contributed by atoms with Crippen molar-refractivity contribution in [1.29, 1.82) is 0 Å². The maximum absolute atomic E-state index is 10.1. The van der Waals surface area contributed by atoms with Crippen molar-refractivity contribution in [3.63, 3.8) is 0 Å². The number of aryl methyl sites for hydroxylation is 2. The number of nitrogens with zero attached hydrogens (tertiary/aromatic N) is 2. The topological polar surface area (TPSA) is 46.0 Å². The Morgan fingerprint density at radius 2 is 1.69 bits per heavy atom. The van der Waals surface area contributed by atoms with Gasteiger partial charge in [0.1, 0.15) is 6.10 Å². The zero-order valence-corrected chi connectivity index (χ0v) is 9.38. The van der Waals surface area contributed by atoms with Gasteiger partial charge in [0.25, 0.3) is 0 Å². The van der Waals surface area contributed by atoms with E-state index in [0.717, 1.165) is 11.3 Å². The van der Waals surface area contributed by atoms with E-state index in [1.54, 1.807) is 12.4 Å². The number of hydrogen-bond acceptors (Lipinski definition) is 3. The van der Waals surface area contributed by atoms with E-state index in [9.17, 15) is 5.11 Å². The van der Waals surface area contributed by atoms with E-state index < -0.39 is 6.10 Å². The van der Waals surface area contributed by atoms with Gasteiger partial charge in [-0.2, -0.15) is 0 Å². The predicted molar refractivity (Wildman–Crippen MR) is 62.0 cm³/mol. The zero-order chi connectivity index (χ0) is 11.5. The van der Waals surface area contributed by atoms with Crippen LogP contribution in [0.2, 0.25) is 0 Å². The van der Waals surface area contributed by atoms with Gasteiger partial charge in [-0.05, 0) is 19.4 Å². The molecule has 0 bridgehead atoms. The van der Waals surface area contributed by atoms with Crippen LogP contribution < -0.4 is 0 Å². The van der Waals surface area contributed by atoms with Gasteiger partial charge in [-0.1, -0.05) is 29.8 Å². The lowest BCUT2D eigenvalue weighted by molar-refractivity contribution is 0.214. The van der Waals surface area contributed by atoms with Crippen molar-refractivity contribution in [1.82, 2.24) is 9.97 Å². The molecular weight excluding hydrogens is 200 g/mol. The van der Waals surface area contributed by atoms with Gasteiger partial charge in [0, 0.05) is 6.20 Å². The van der Waals surface area contributed by atoms with Crippen molar-refractivity contribution in [3.05, 3.63) is 59.2 Å². The van der Waals surface area contributed by atoms with Gasteiger partial charge in [0.05, 0.1) is 17.6 Å². The number of rotatable bonds is 2. The maximum Gasteiger partial charge on any atom is 0.123 e. The van der Waals surface area contributed by atoms with Crippen LogP contribution in [0.3, 0.4) is 0 Å². The van der Waals surface area contributed by atoms with Gasteiger partial charge >= 0.3 is 0 Å². The monoisotopic (exact) mass is 214 g/mol. The Hall–Kier alpha value is -1.74. The second-order valence-electron chi connectivity index (χ2n) is 3.90. The van der Waals surface area contributed by atoms with Crippen LogP contribution in [-0.2, 0) is 0 Å². The largest absolute Gasteiger partial charge is 0.382 e.